The maximum absolute atomic E-state index is 11.9. The fourth-order valence-corrected chi connectivity index (χ4v) is 2.03. The first-order valence-electron chi connectivity index (χ1n) is 5.73. The Morgan fingerprint density at radius 1 is 1.59 bits per heavy atom. The van der Waals surface area contributed by atoms with Crippen molar-refractivity contribution in [3.05, 3.63) is 27.9 Å². The standard InChI is InChI=1S/C12H16N2O3/c1-8-5-12(16)14(9(2)13-8)6-11(15)10-3-4-17-7-10/h5,10H,3-4,6-7H2,1-2H3. The van der Waals surface area contributed by atoms with E-state index in [4.69, 9.17) is 4.74 Å². The number of hydrogen-bond donors (Lipinski definition) is 0. The molecule has 0 bridgehead atoms. The molecule has 1 aromatic rings. The minimum atomic E-state index is -0.165. The summed E-state index contributed by atoms with van der Waals surface area (Å²) >= 11 is 0. The number of carbonyl (C=O) groups excluding carboxylic acids is 1. The smallest absolute Gasteiger partial charge is 0.254 e. The molecule has 92 valence electrons. The van der Waals surface area contributed by atoms with E-state index >= 15 is 0 Å². The van der Waals surface area contributed by atoms with Gasteiger partial charge >= 0.3 is 0 Å². The Morgan fingerprint density at radius 2 is 2.35 bits per heavy atom. The van der Waals surface area contributed by atoms with Gasteiger partial charge in [0.15, 0.2) is 5.78 Å². The van der Waals surface area contributed by atoms with E-state index in [1.807, 2.05) is 0 Å². The van der Waals surface area contributed by atoms with Crippen LogP contribution in [0.5, 0.6) is 0 Å². The lowest BCUT2D eigenvalue weighted by atomic mass is 10.0. The summed E-state index contributed by atoms with van der Waals surface area (Å²) in [6, 6.07) is 1.45. The van der Waals surface area contributed by atoms with Gasteiger partial charge in [0.1, 0.15) is 5.82 Å². The SMILES string of the molecule is Cc1cc(=O)n(CC(=O)C2CCOC2)c(C)n1. The van der Waals surface area contributed by atoms with Crippen LogP contribution in [-0.2, 0) is 16.1 Å². The number of aromatic nitrogens is 2. The van der Waals surface area contributed by atoms with E-state index in [1.54, 1.807) is 13.8 Å². The van der Waals surface area contributed by atoms with Gasteiger partial charge in [-0.1, -0.05) is 0 Å². The van der Waals surface area contributed by atoms with Crippen LogP contribution < -0.4 is 5.56 Å². The van der Waals surface area contributed by atoms with Crippen LogP contribution in [0.1, 0.15) is 17.9 Å². The zero-order chi connectivity index (χ0) is 12.4. The van der Waals surface area contributed by atoms with Crippen molar-refractivity contribution >= 4 is 5.78 Å². The Morgan fingerprint density at radius 3 is 2.94 bits per heavy atom. The molecule has 1 unspecified atom stereocenters. The molecule has 17 heavy (non-hydrogen) atoms. The summed E-state index contributed by atoms with van der Waals surface area (Å²) in [6.45, 7) is 4.73. The summed E-state index contributed by atoms with van der Waals surface area (Å²) in [4.78, 5) is 27.9. The molecule has 5 nitrogen and oxygen atoms in total. The van der Waals surface area contributed by atoms with Gasteiger partial charge in [-0.2, -0.15) is 0 Å². The van der Waals surface area contributed by atoms with Crippen LogP contribution >= 0.6 is 0 Å². The monoisotopic (exact) mass is 236 g/mol. The van der Waals surface area contributed by atoms with Gasteiger partial charge in [-0.15, -0.1) is 0 Å². The van der Waals surface area contributed by atoms with Crippen molar-refractivity contribution in [3.8, 4) is 0 Å². The van der Waals surface area contributed by atoms with Crippen molar-refractivity contribution in [2.24, 2.45) is 5.92 Å². The predicted octanol–water partition coefficient (Wildman–Crippen LogP) is 0.466. The van der Waals surface area contributed by atoms with Gasteiger partial charge in [0.2, 0.25) is 0 Å². The average Bonchev–Trinajstić information content (AvgIpc) is 2.76. The van der Waals surface area contributed by atoms with E-state index in [9.17, 15) is 9.59 Å². The van der Waals surface area contributed by atoms with E-state index in [2.05, 4.69) is 4.98 Å². The second-order valence-corrected chi connectivity index (χ2v) is 4.40. The molecule has 1 atom stereocenters. The summed E-state index contributed by atoms with van der Waals surface area (Å²) < 4.78 is 6.60. The molecule has 0 N–H and O–H groups in total. The molecule has 1 fully saturated rings. The molecule has 1 aliphatic heterocycles. The summed E-state index contributed by atoms with van der Waals surface area (Å²) in [5.74, 6) is 0.572. The largest absolute Gasteiger partial charge is 0.381 e. The van der Waals surface area contributed by atoms with Crippen molar-refractivity contribution in [1.82, 2.24) is 9.55 Å². The fourth-order valence-electron chi connectivity index (χ4n) is 2.03. The third kappa shape index (κ3) is 2.61. The van der Waals surface area contributed by atoms with Crippen LogP contribution in [0.4, 0.5) is 0 Å². The summed E-state index contributed by atoms with van der Waals surface area (Å²) in [5, 5.41) is 0. The average molecular weight is 236 g/mol. The number of ketones is 1. The number of Topliss-reactive ketones (excluding diaryl/α,β-unsaturated/α-hetero) is 1. The first-order valence-corrected chi connectivity index (χ1v) is 5.73. The molecular formula is C12H16N2O3. The minimum Gasteiger partial charge on any atom is -0.381 e. The first-order chi connectivity index (χ1) is 8.08. The maximum atomic E-state index is 11.9. The summed E-state index contributed by atoms with van der Waals surface area (Å²) in [7, 11) is 0. The van der Waals surface area contributed by atoms with E-state index in [0.717, 1.165) is 6.42 Å². The van der Waals surface area contributed by atoms with E-state index in [-0.39, 0.29) is 23.8 Å². The highest BCUT2D eigenvalue weighted by atomic mass is 16.5. The van der Waals surface area contributed by atoms with Gasteiger partial charge in [0.25, 0.3) is 5.56 Å². The molecule has 5 heteroatoms. The van der Waals surface area contributed by atoms with Gasteiger partial charge in [0, 0.05) is 24.3 Å². The molecule has 1 aromatic heterocycles. The lowest BCUT2D eigenvalue weighted by Gasteiger charge is -2.11. The molecule has 1 saturated heterocycles. The fraction of sp³-hybridized carbons (Fsp3) is 0.583. The normalized spacial score (nSPS) is 19.5. The molecule has 0 amide bonds. The molecule has 0 aliphatic carbocycles. The molecule has 0 aromatic carbocycles. The van der Waals surface area contributed by atoms with Crippen LogP contribution in [0.25, 0.3) is 0 Å². The van der Waals surface area contributed by atoms with Gasteiger partial charge in [-0.05, 0) is 20.3 Å². The second kappa shape index (κ2) is 4.79. The van der Waals surface area contributed by atoms with Crippen molar-refractivity contribution in [3.63, 3.8) is 0 Å². The molecule has 2 rings (SSSR count). The lowest BCUT2D eigenvalue weighted by molar-refractivity contribution is -0.123. The zero-order valence-electron chi connectivity index (χ0n) is 10.1. The highest BCUT2D eigenvalue weighted by Crippen LogP contribution is 2.14. The van der Waals surface area contributed by atoms with Crippen LogP contribution in [0, 0.1) is 19.8 Å². The van der Waals surface area contributed by atoms with Crippen molar-refractivity contribution in [2.45, 2.75) is 26.8 Å². The molecule has 0 spiro atoms. The van der Waals surface area contributed by atoms with Gasteiger partial charge in [0.05, 0.1) is 13.2 Å². The first kappa shape index (κ1) is 12.0. The third-order valence-corrected chi connectivity index (χ3v) is 3.03. The van der Waals surface area contributed by atoms with E-state index < -0.39 is 0 Å². The van der Waals surface area contributed by atoms with Gasteiger partial charge in [-0.3, -0.25) is 14.2 Å². The number of carbonyl (C=O) groups is 1. The Bertz CT molecular complexity index is 487. The Kier molecular flexibility index (Phi) is 3.38. The number of rotatable bonds is 3. The van der Waals surface area contributed by atoms with Crippen LogP contribution in [-0.4, -0.2) is 28.5 Å². The molecule has 2 heterocycles. The van der Waals surface area contributed by atoms with Crippen molar-refractivity contribution in [1.29, 1.82) is 0 Å². The highest BCUT2D eigenvalue weighted by Gasteiger charge is 2.24. The minimum absolute atomic E-state index is 0.0540. The lowest BCUT2D eigenvalue weighted by Crippen LogP contribution is -2.30. The van der Waals surface area contributed by atoms with Crippen LogP contribution in [0.3, 0.4) is 0 Å². The second-order valence-electron chi connectivity index (χ2n) is 4.40. The zero-order valence-corrected chi connectivity index (χ0v) is 10.1. The predicted molar refractivity (Wildman–Crippen MR) is 61.9 cm³/mol. The van der Waals surface area contributed by atoms with Crippen LogP contribution in [0.15, 0.2) is 10.9 Å². The molecular weight excluding hydrogens is 220 g/mol. The van der Waals surface area contributed by atoms with E-state index in [0.29, 0.717) is 24.7 Å². The number of ether oxygens (including phenoxy) is 1. The quantitative estimate of drug-likeness (QED) is 0.765. The molecule has 0 radical (unpaired) electrons. The molecule has 0 saturated carbocycles. The summed E-state index contributed by atoms with van der Waals surface area (Å²) in [6.07, 6.45) is 0.756. The Labute approximate surface area is 99.4 Å². The van der Waals surface area contributed by atoms with Gasteiger partial charge < -0.3 is 4.74 Å². The van der Waals surface area contributed by atoms with Crippen molar-refractivity contribution in [2.75, 3.05) is 13.2 Å². The highest BCUT2D eigenvalue weighted by molar-refractivity contribution is 5.81. The molecule has 1 aliphatic rings. The van der Waals surface area contributed by atoms with Gasteiger partial charge in [-0.25, -0.2) is 4.98 Å². The topological polar surface area (TPSA) is 61.2 Å². The summed E-state index contributed by atoms with van der Waals surface area (Å²) in [5.41, 5.74) is 0.516. The van der Waals surface area contributed by atoms with Crippen LogP contribution in [0.2, 0.25) is 0 Å². The van der Waals surface area contributed by atoms with Crippen molar-refractivity contribution < 1.29 is 9.53 Å². The third-order valence-electron chi connectivity index (χ3n) is 3.03. The number of nitrogens with zero attached hydrogens (tertiary/aromatic N) is 2. The van der Waals surface area contributed by atoms with E-state index in [1.165, 1.54) is 10.6 Å². The Hall–Kier alpha value is -1.49. The Balaban J connectivity index is 2.18. The number of hydrogen-bond acceptors (Lipinski definition) is 4. The maximum Gasteiger partial charge on any atom is 0.254 e. The number of aryl methyl sites for hydroxylation is 2.